The molecule has 9 nitrogen and oxygen atoms in total. The summed E-state index contributed by atoms with van der Waals surface area (Å²) in [7, 11) is 4.36. The Labute approximate surface area is 279 Å². The average molecular weight is 680 g/mol. The van der Waals surface area contributed by atoms with Gasteiger partial charge in [0.05, 0.1) is 37.8 Å². The van der Waals surface area contributed by atoms with Gasteiger partial charge in [-0.05, 0) is 73.2 Å². The number of thioether (sulfide) groups is 1. The lowest BCUT2D eigenvalue weighted by molar-refractivity contribution is -0.137. The molecule has 0 aromatic heterocycles. The van der Waals surface area contributed by atoms with Crippen LogP contribution in [0.5, 0.6) is 17.2 Å². The highest BCUT2D eigenvalue weighted by atomic mass is 32.2. The number of hydrogen-bond donors (Lipinski definition) is 3. The predicted octanol–water partition coefficient (Wildman–Crippen LogP) is 7.26. The maximum atomic E-state index is 13.6. The Balaban J connectivity index is 1.56. The molecular formula is C35H32F3N3O6S. The smallest absolute Gasteiger partial charge is 0.418 e. The highest BCUT2D eigenvalue weighted by Crippen LogP contribution is 2.39. The summed E-state index contributed by atoms with van der Waals surface area (Å²) in [6.45, 7) is 1.55. The number of halogens is 3. The molecule has 0 heterocycles. The highest BCUT2D eigenvalue weighted by molar-refractivity contribution is 8.00. The van der Waals surface area contributed by atoms with E-state index in [2.05, 4.69) is 16.0 Å². The van der Waals surface area contributed by atoms with Crippen LogP contribution in [0.15, 0.2) is 102 Å². The number of para-hydroxylation sites is 1. The number of amides is 3. The third-order valence-corrected chi connectivity index (χ3v) is 7.88. The van der Waals surface area contributed by atoms with E-state index in [1.165, 1.54) is 45.6 Å². The first kappa shape index (κ1) is 35.4. The fraction of sp³-hybridized carbons (Fsp3) is 0.171. The van der Waals surface area contributed by atoms with Crippen molar-refractivity contribution in [1.82, 2.24) is 5.32 Å². The van der Waals surface area contributed by atoms with Gasteiger partial charge in [0.25, 0.3) is 11.8 Å². The minimum Gasteiger partial charge on any atom is -0.493 e. The van der Waals surface area contributed by atoms with E-state index in [1.807, 2.05) is 0 Å². The van der Waals surface area contributed by atoms with E-state index in [0.717, 1.165) is 17.8 Å². The van der Waals surface area contributed by atoms with Gasteiger partial charge in [0.1, 0.15) is 5.70 Å². The fourth-order valence-electron chi connectivity index (χ4n) is 4.47. The first-order chi connectivity index (χ1) is 22.9. The number of anilines is 2. The zero-order chi connectivity index (χ0) is 34.8. The van der Waals surface area contributed by atoms with Crippen LogP contribution in [0.3, 0.4) is 0 Å². The first-order valence-electron chi connectivity index (χ1n) is 14.4. The molecule has 1 unspecified atom stereocenters. The number of rotatable bonds is 12. The highest BCUT2D eigenvalue weighted by Gasteiger charge is 2.34. The SMILES string of the molecule is COc1cc(/C=C(/NC(=O)c2ccccc2)C(=O)Nc2cccc(SC(C)C(=O)Nc3ccccc3C(F)(F)F)c2)cc(OC)c1OC. The van der Waals surface area contributed by atoms with Crippen molar-refractivity contribution in [2.75, 3.05) is 32.0 Å². The Bertz CT molecular complexity index is 1790. The van der Waals surface area contributed by atoms with Crippen molar-refractivity contribution in [2.45, 2.75) is 23.2 Å². The van der Waals surface area contributed by atoms with Gasteiger partial charge >= 0.3 is 6.18 Å². The Morgan fingerprint density at radius 2 is 1.44 bits per heavy atom. The van der Waals surface area contributed by atoms with Crippen LogP contribution < -0.4 is 30.2 Å². The summed E-state index contributed by atoms with van der Waals surface area (Å²) >= 11 is 1.09. The topological polar surface area (TPSA) is 115 Å². The molecule has 4 rings (SSSR count). The van der Waals surface area contributed by atoms with Gasteiger partial charge in [-0.3, -0.25) is 14.4 Å². The molecule has 250 valence electrons. The molecule has 4 aromatic carbocycles. The summed E-state index contributed by atoms with van der Waals surface area (Å²) in [5.41, 5.74) is -0.275. The second kappa shape index (κ2) is 15.9. The van der Waals surface area contributed by atoms with Gasteiger partial charge in [-0.1, -0.05) is 36.4 Å². The maximum absolute atomic E-state index is 13.6. The van der Waals surface area contributed by atoms with Crippen molar-refractivity contribution in [3.8, 4) is 17.2 Å². The average Bonchev–Trinajstić information content (AvgIpc) is 3.07. The summed E-state index contributed by atoms with van der Waals surface area (Å²) in [6.07, 6.45) is -3.18. The van der Waals surface area contributed by atoms with E-state index in [4.69, 9.17) is 14.2 Å². The largest absolute Gasteiger partial charge is 0.493 e. The van der Waals surface area contributed by atoms with E-state index in [-0.39, 0.29) is 11.4 Å². The van der Waals surface area contributed by atoms with Crippen molar-refractivity contribution < 1.29 is 41.8 Å². The zero-order valence-corrected chi connectivity index (χ0v) is 27.1. The van der Waals surface area contributed by atoms with Gasteiger partial charge in [-0.2, -0.15) is 13.2 Å². The van der Waals surface area contributed by atoms with Crippen LogP contribution in [0.4, 0.5) is 24.5 Å². The van der Waals surface area contributed by atoms with Crippen molar-refractivity contribution in [2.24, 2.45) is 0 Å². The van der Waals surface area contributed by atoms with Gasteiger partial charge in [-0.25, -0.2) is 0 Å². The molecule has 3 N–H and O–H groups in total. The number of alkyl halides is 3. The lowest BCUT2D eigenvalue weighted by atomic mass is 10.1. The second-order valence-electron chi connectivity index (χ2n) is 10.1. The van der Waals surface area contributed by atoms with Gasteiger partial charge in [0.2, 0.25) is 11.7 Å². The van der Waals surface area contributed by atoms with E-state index in [9.17, 15) is 27.6 Å². The summed E-state index contributed by atoms with van der Waals surface area (Å²) in [4.78, 5) is 40.1. The summed E-state index contributed by atoms with van der Waals surface area (Å²) in [5.74, 6) is -0.807. The number of ether oxygens (including phenoxy) is 3. The Morgan fingerprint density at radius 1 is 0.792 bits per heavy atom. The van der Waals surface area contributed by atoms with Crippen LogP contribution in [0.1, 0.15) is 28.4 Å². The van der Waals surface area contributed by atoms with Crippen molar-refractivity contribution >= 4 is 46.9 Å². The van der Waals surface area contributed by atoms with E-state index in [1.54, 1.807) is 73.7 Å². The summed E-state index contributed by atoms with van der Waals surface area (Å²) in [6, 6.07) is 22.9. The molecule has 0 radical (unpaired) electrons. The zero-order valence-electron chi connectivity index (χ0n) is 26.3. The molecule has 0 aliphatic carbocycles. The van der Waals surface area contributed by atoms with Crippen molar-refractivity contribution in [3.05, 3.63) is 113 Å². The third-order valence-electron chi connectivity index (χ3n) is 6.79. The van der Waals surface area contributed by atoms with Gasteiger partial charge in [0.15, 0.2) is 11.5 Å². The van der Waals surface area contributed by atoms with Crippen LogP contribution in [0.25, 0.3) is 6.08 Å². The number of carbonyl (C=O) groups is 3. The third kappa shape index (κ3) is 9.10. The monoisotopic (exact) mass is 679 g/mol. The summed E-state index contributed by atoms with van der Waals surface area (Å²) < 4.78 is 56.4. The fourth-order valence-corrected chi connectivity index (χ4v) is 5.40. The van der Waals surface area contributed by atoms with Gasteiger partial charge in [0, 0.05) is 16.1 Å². The number of benzene rings is 4. The standard InChI is InChI=1S/C35H32F3N3O6S/c1-21(32(42)40-27-16-9-8-15-26(27)35(36,37)38)48-25-14-10-13-24(20-25)39-34(44)28(41-33(43)23-11-6-5-7-12-23)17-22-18-29(45-2)31(47-4)30(19-22)46-3/h5-21H,1-4H3,(H,39,44)(H,40,42)(H,41,43)/b28-17+. The normalized spacial score (nSPS) is 12.0. The molecule has 48 heavy (non-hydrogen) atoms. The Kier molecular flexibility index (Phi) is 11.7. The molecule has 4 aromatic rings. The lowest BCUT2D eigenvalue weighted by Crippen LogP contribution is -2.30. The lowest BCUT2D eigenvalue weighted by Gasteiger charge is -2.17. The van der Waals surface area contributed by atoms with Crippen molar-refractivity contribution in [3.63, 3.8) is 0 Å². The van der Waals surface area contributed by atoms with E-state index in [0.29, 0.717) is 39.0 Å². The molecule has 0 aliphatic rings. The van der Waals surface area contributed by atoms with Crippen LogP contribution in [0, 0.1) is 0 Å². The number of methoxy groups -OCH3 is 3. The second-order valence-corrected chi connectivity index (χ2v) is 11.5. The van der Waals surface area contributed by atoms with E-state index >= 15 is 0 Å². The van der Waals surface area contributed by atoms with Crippen LogP contribution >= 0.6 is 11.8 Å². The summed E-state index contributed by atoms with van der Waals surface area (Å²) in [5, 5.41) is 6.98. The number of nitrogens with one attached hydrogen (secondary N) is 3. The minimum absolute atomic E-state index is 0.104. The minimum atomic E-state index is -4.63. The van der Waals surface area contributed by atoms with Crippen LogP contribution in [-0.2, 0) is 15.8 Å². The number of carbonyl (C=O) groups excluding carboxylic acids is 3. The quantitative estimate of drug-likeness (QED) is 0.107. The molecule has 0 saturated carbocycles. The molecule has 13 heteroatoms. The molecule has 3 amide bonds. The molecule has 0 fully saturated rings. The predicted molar refractivity (Wildman–Crippen MR) is 178 cm³/mol. The van der Waals surface area contributed by atoms with Crippen LogP contribution in [-0.4, -0.2) is 44.3 Å². The maximum Gasteiger partial charge on any atom is 0.418 e. The van der Waals surface area contributed by atoms with Crippen molar-refractivity contribution in [1.29, 1.82) is 0 Å². The molecule has 0 spiro atoms. The number of hydrogen-bond acceptors (Lipinski definition) is 7. The molecule has 1 atom stereocenters. The molecule has 0 bridgehead atoms. The van der Waals surface area contributed by atoms with E-state index < -0.39 is 34.7 Å². The molecular weight excluding hydrogens is 647 g/mol. The van der Waals surface area contributed by atoms with Gasteiger partial charge < -0.3 is 30.2 Å². The van der Waals surface area contributed by atoms with Crippen LogP contribution in [0.2, 0.25) is 0 Å². The molecule has 0 aliphatic heterocycles. The Hall–Kier alpha value is -5.43. The first-order valence-corrected chi connectivity index (χ1v) is 15.2. The van der Waals surface area contributed by atoms with Gasteiger partial charge in [-0.15, -0.1) is 11.8 Å². The molecule has 0 saturated heterocycles. The Morgan fingerprint density at radius 3 is 2.06 bits per heavy atom.